The molecule has 4 rings (SSSR count). The maximum absolute atomic E-state index is 12.3. The van der Waals surface area contributed by atoms with Crippen LogP contribution in [0.1, 0.15) is 40.5 Å². The number of anilines is 1. The van der Waals surface area contributed by atoms with Gasteiger partial charge in [0.2, 0.25) is 10.0 Å². The van der Waals surface area contributed by atoms with E-state index >= 15 is 0 Å². The minimum absolute atomic E-state index is 0.149. The van der Waals surface area contributed by atoms with E-state index in [0.29, 0.717) is 23.9 Å². The Hall–Kier alpha value is -4.10. The average Bonchev–Trinajstić information content (AvgIpc) is 2.93. The van der Waals surface area contributed by atoms with E-state index in [9.17, 15) is 23.1 Å². The summed E-state index contributed by atoms with van der Waals surface area (Å²) in [7, 11) is -3.27. The van der Waals surface area contributed by atoms with E-state index in [1.165, 1.54) is 0 Å². The zero-order chi connectivity index (χ0) is 28.9. The highest BCUT2D eigenvalue weighted by atomic mass is 32.2. The van der Waals surface area contributed by atoms with Gasteiger partial charge in [-0.25, -0.2) is 23.1 Å². The highest BCUT2D eigenvalue weighted by molar-refractivity contribution is 7.88. The number of carbonyl (C=O) groups is 2. The molecule has 0 bridgehead atoms. The Morgan fingerprint density at radius 2 is 1.73 bits per heavy atom. The SMILES string of the molecule is Cc1nc(CC2CCN(c3ccc(-c4ccc(CNS(C)(=O)=O)nc4)cc3)CC2)nc(C(=O)NCC(=O)O)c1O. The minimum Gasteiger partial charge on any atom is -0.504 e. The maximum Gasteiger partial charge on any atom is 0.322 e. The monoisotopic (exact) mass is 568 g/mol. The fraction of sp³-hybridized carbons (Fsp3) is 0.370. The van der Waals surface area contributed by atoms with Crippen LogP contribution >= 0.6 is 0 Å². The van der Waals surface area contributed by atoms with E-state index in [1.807, 2.05) is 18.2 Å². The van der Waals surface area contributed by atoms with Crippen LogP contribution in [0.2, 0.25) is 0 Å². The summed E-state index contributed by atoms with van der Waals surface area (Å²) in [5.74, 6) is -1.53. The number of amides is 1. The fourth-order valence-corrected chi connectivity index (χ4v) is 4.95. The number of aromatic hydroxyl groups is 1. The molecule has 0 saturated carbocycles. The number of carboxylic acids is 1. The number of nitrogens with zero attached hydrogens (tertiary/aromatic N) is 4. The first-order valence-corrected chi connectivity index (χ1v) is 14.7. The van der Waals surface area contributed by atoms with Crippen LogP contribution < -0.4 is 14.9 Å². The summed E-state index contributed by atoms with van der Waals surface area (Å²) < 4.78 is 25.0. The number of carboxylic acid groups (broad SMARTS) is 1. The molecule has 12 nitrogen and oxygen atoms in total. The molecule has 1 amide bonds. The topological polar surface area (TPSA) is 175 Å². The zero-order valence-electron chi connectivity index (χ0n) is 22.3. The van der Waals surface area contributed by atoms with Crippen LogP contribution in [0, 0.1) is 12.8 Å². The summed E-state index contributed by atoms with van der Waals surface area (Å²) in [6.45, 7) is 2.86. The van der Waals surface area contributed by atoms with Crippen molar-refractivity contribution in [3.63, 3.8) is 0 Å². The van der Waals surface area contributed by atoms with Crippen LogP contribution in [-0.4, -0.2) is 71.3 Å². The van der Waals surface area contributed by atoms with Gasteiger partial charge in [-0.3, -0.25) is 14.6 Å². The number of sulfonamides is 1. The summed E-state index contributed by atoms with van der Waals surface area (Å²) in [4.78, 5) is 38.3. The van der Waals surface area contributed by atoms with Crippen LogP contribution in [0.5, 0.6) is 5.75 Å². The average molecular weight is 569 g/mol. The maximum atomic E-state index is 12.3. The number of nitrogens with one attached hydrogen (secondary N) is 2. The number of pyridine rings is 1. The first kappa shape index (κ1) is 28.9. The van der Waals surface area contributed by atoms with Crippen molar-refractivity contribution < 1.29 is 28.2 Å². The normalized spacial score (nSPS) is 14.2. The van der Waals surface area contributed by atoms with Gasteiger partial charge in [-0.05, 0) is 49.4 Å². The second-order valence-corrected chi connectivity index (χ2v) is 11.6. The first-order valence-electron chi connectivity index (χ1n) is 12.8. The zero-order valence-corrected chi connectivity index (χ0v) is 23.1. The largest absolute Gasteiger partial charge is 0.504 e. The quantitative estimate of drug-likeness (QED) is 0.283. The predicted molar refractivity (Wildman–Crippen MR) is 148 cm³/mol. The van der Waals surface area contributed by atoms with Crippen molar-refractivity contribution in [1.29, 1.82) is 0 Å². The molecule has 0 aliphatic carbocycles. The molecule has 4 N–H and O–H groups in total. The van der Waals surface area contributed by atoms with Crippen molar-refractivity contribution >= 4 is 27.6 Å². The minimum atomic E-state index is -3.27. The Bertz CT molecular complexity index is 1470. The van der Waals surface area contributed by atoms with E-state index in [4.69, 9.17) is 5.11 Å². The van der Waals surface area contributed by atoms with Gasteiger partial charge in [0, 0.05) is 37.0 Å². The van der Waals surface area contributed by atoms with Gasteiger partial charge in [-0.15, -0.1) is 0 Å². The Balaban J connectivity index is 1.33. The van der Waals surface area contributed by atoms with E-state index in [2.05, 4.69) is 42.0 Å². The highest BCUT2D eigenvalue weighted by Crippen LogP contribution is 2.28. The Kier molecular flexibility index (Phi) is 8.95. The van der Waals surface area contributed by atoms with E-state index < -0.39 is 28.4 Å². The molecule has 1 fully saturated rings. The summed E-state index contributed by atoms with van der Waals surface area (Å²) in [6, 6.07) is 11.9. The van der Waals surface area contributed by atoms with Crippen molar-refractivity contribution in [3.05, 3.63) is 65.5 Å². The smallest absolute Gasteiger partial charge is 0.322 e. The third-order valence-electron chi connectivity index (χ3n) is 6.71. The lowest BCUT2D eigenvalue weighted by molar-refractivity contribution is -0.135. The van der Waals surface area contributed by atoms with E-state index in [1.54, 1.807) is 19.2 Å². The van der Waals surface area contributed by atoms with Crippen molar-refractivity contribution in [2.45, 2.75) is 32.7 Å². The van der Waals surface area contributed by atoms with E-state index in [-0.39, 0.29) is 23.7 Å². The highest BCUT2D eigenvalue weighted by Gasteiger charge is 2.23. The van der Waals surface area contributed by atoms with Crippen molar-refractivity contribution in [2.75, 3.05) is 30.8 Å². The summed E-state index contributed by atoms with van der Waals surface area (Å²) in [6.07, 6.45) is 5.20. The molecule has 1 aromatic carbocycles. The summed E-state index contributed by atoms with van der Waals surface area (Å²) in [5, 5.41) is 21.2. The van der Waals surface area contributed by atoms with Crippen LogP contribution in [0.3, 0.4) is 0 Å². The Morgan fingerprint density at radius 3 is 2.33 bits per heavy atom. The molecule has 0 radical (unpaired) electrons. The molecule has 0 unspecified atom stereocenters. The van der Waals surface area contributed by atoms with Gasteiger partial charge < -0.3 is 20.4 Å². The molecule has 212 valence electrons. The molecule has 0 atom stereocenters. The number of piperidine rings is 1. The van der Waals surface area contributed by atoms with Gasteiger partial charge in [0.25, 0.3) is 5.91 Å². The Morgan fingerprint density at radius 1 is 1.05 bits per heavy atom. The molecule has 1 aliphatic rings. The summed E-state index contributed by atoms with van der Waals surface area (Å²) in [5.41, 5.74) is 3.76. The number of benzene rings is 1. The first-order chi connectivity index (χ1) is 19.0. The molecular formula is C27H32N6O6S. The molecule has 3 aromatic rings. The third-order valence-corrected chi connectivity index (χ3v) is 7.38. The lowest BCUT2D eigenvalue weighted by Crippen LogP contribution is -2.34. The lowest BCUT2D eigenvalue weighted by atomic mass is 9.92. The van der Waals surface area contributed by atoms with Crippen LogP contribution in [0.4, 0.5) is 5.69 Å². The number of carbonyl (C=O) groups excluding carboxylic acids is 1. The molecule has 40 heavy (non-hydrogen) atoms. The van der Waals surface area contributed by atoms with Crippen molar-refractivity contribution in [2.24, 2.45) is 5.92 Å². The van der Waals surface area contributed by atoms with Crippen molar-refractivity contribution in [3.8, 4) is 16.9 Å². The Labute approximate surface area is 232 Å². The van der Waals surface area contributed by atoms with Crippen LogP contribution in [-0.2, 0) is 27.8 Å². The molecule has 0 spiro atoms. The molecular weight excluding hydrogens is 536 g/mol. The number of aryl methyl sites for hydroxylation is 1. The second-order valence-electron chi connectivity index (χ2n) is 9.81. The standard InChI is InChI=1S/C27H32N6O6S/c1-17-26(36)25(27(37)29-16-24(34)35)32-23(31-17)13-18-9-11-33(12-10-18)22-7-4-19(5-8-22)20-3-6-21(28-14-20)15-30-40(2,38)39/h3-8,14,18,30,36H,9-13,15-16H2,1-2H3,(H,29,37)(H,34,35). The van der Waals surface area contributed by atoms with Gasteiger partial charge in [-0.1, -0.05) is 18.2 Å². The molecule has 3 heterocycles. The molecule has 1 saturated heterocycles. The van der Waals surface area contributed by atoms with E-state index in [0.717, 1.165) is 49.0 Å². The number of aliphatic carboxylic acids is 1. The molecule has 1 aliphatic heterocycles. The lowest BCUT2D eigenvalue weighted by Gasteiger charge is -2.33. The fourth-order valence-electron chi connectivity index (χ4n) is 4.54. The van der Waals surface area contributed by atoms with Crippen molar-refractivity contribution in [1.82, 2.24) is 25.0 Å². The van der Waals surface area contributed by atoms with Crippen LogP contribution in [0.25, 0.3) is 11.1 Å². The summed E-state index contributed by atoms with van der Waals surface area (Å²) >= 11 is 0. The van der Waals surface area contributed by atoms with Gasteiger partial charge in [0.15, 0.2) is 11.4 Å². The number of rotatable bonds is 10. The number of aromatic nitrogens is 3. The van der Waals surface area contributed by atoms with Gasteiger partial charge in [0.1, 0.15) is 12.4 Å². The number of hydrogen-bond donors (Lipinski definition) is 4. The second kappa shape index (κ2) is 12.4. The van der Waals surface area contributed by atoms with Gasteiger partial charge >= 0.3 is 5.97 Å². The van der Waals surface area contributed by atoms with Gasteiger partial charge in [-0.2, -0.15) is 0 Å². The molecule has 13 heteroatoms. The number of hydrogen-bond acceptors (Lipinski definition) is 9. The predicted octanol–water partition coefficient (Wildman–Crippen LogP) is 1.88. The van der Waals surface area contributed by atoms with Crippen LogP contribution in [0.15, 0.2) is 42.6 Å². The molecule has 2 aromatic heterocycles. The van der Waals surface area contributed by atoms with Gasteiger partial charge in [0.05, 0.1) is 24.2 Å². The third kappa shape index (κ3) is 7.73.